The maximum Gasteiger partial charge on any atom is 0.429 e. The summed E-state index contributed by atoms with van der Waals surface area (Å²) in [5.41, 5.74) is -0.157. The lowest BCUT2D eigenvalue weighted by Crippen LogP contribution is -2.38. The third-order valence-corrected chi connectivity index (χ3v) is 6.94. The van der Waals surface area contributed by atoms with Crippen molar-refractivity contribution in [2.45, 2.75) is 57.8 Å². The molecule has 190 valence electrons. The summed E-state index contributed by atoms with van der Waals surface area (Å²) in [5.74, 6) is -0.583. The highest BCUT2D eigenvalue weighted by Gasteiger charge is 2.38. The summed E-state index contributed by atoms with van der Waals surface area (Å²) >= 11 is 0. The Morgan fingerprint density at radius 1 is 0.971 bits per heavy atom. The zero-order chi connectivity index (χ0) is 24.8. The predicted octanol–water partition coefficient (Wildman–Crippen LogP) is 7.40. The van der Waals surface area contributed by atoms with Crippen LogP contribution in [-0.2, 0) is 22.0 Å². The van der Waals surface area contributed by atoms with E-state index in [2.05, 4.69) is 10.8 Å². The molecule has 2 aromatic rings. The number of hydrogen-bond donors (Lipinski definition) is 0. The van der Waals surface area contributed by atoms with E-state index in [0.29, 0.717) is 43.0 Å². The topological polar surface area (TPSA) is 27.7 Å². The number of ether oxygens (including phenoxy) is 3. The molecule has 0 unspecified atom stereocenters. The average Bonchev–Trinajstić information content (AvgIpc) is 2.85. The molecule has 0 N–H and O–H groups in total. The molecule has 35 heavy (non-hydrogen) atoms. The van der Waals surface area contributed by atoms with Gasteiger partial charge in [-0.25, -0.2) is 8.78 Å². The summed E-state index contributed by atoms with van der Waals surface area (Å²) < 4.78 is 73.0. The van der Waals surface area contributed by atoms with Gasteiger partial charge >= 0.3 is 6.11 Å². The van der Waals surface area contributed by atoms with Crippen LogP contribution in [0.1, 0.15) is 50.2 Å². The van der Waals surface area contributed by atoms with Crippen LogP contribution in [0.3, 0.4) is 0 Å². The van der Waals surface area contributed by atoms with Crippen LogP contribution in [0.5, 0.6) is 5.75 Å². The standard InChI is InChI=1S/C28H32F4O3/c1-2-3-21-17-33-27(34-18-21)22-9-6-19(7-10-22)4-5-20-8-15-25(26(30)16-20)28(31,32)35-24-13-11-23(29)12-14-24/h2-3,8,11-16,19,21-22,27H,4-7,9-10,17-18H2,1H3/b3-2+. The highest BCUT2D eigenvalue weighted by molar-refractivity contribution is 5.29. The minimum Gasteiger partial charge on any atom is -0.429 e. The molecular weight excluding hydrogens is 460 g/mol. The van der Waals surface area contributed by atoms with E-state index in [1.807, 2.05) is 13.0 Å². The molecule has 0 radical (unpaired) electrons. The molecule has 0 spiro atoms. The Kier molecular flexibility index (Phi) is 8.50. The van der Waals surface area contributed by atoms with Gasteiger partial charge in [0.25, 0.3) is 0 Å². The highest BCUT2D eigenvalue weighted by atomic mass is 19.3. The van der Waals surface area contributed by atoms with Crippen LogP contribution in [-0.4, -0.2) is 19.5 Å². The summed E-state index contributed by atoms with van der Waals surface area (Å²) in [6, 6.07) is 7.94. The monoisotopic (exact) mass is 492 g/mol. The lowest BCUT2D eigenvalue weighted by Gasteiger charge is -2.37. The second-order valence-corrected chi connectivity index (χ2v) is 9.53. The van der Waals surface area contributed by atoms with E-state index in [4.69, 9.17) is 9.47 Å². The van der Waals surface area contributed by atoms with Crippen LogP contribution in [0.4, 0.5) is 17.6 Å². The number of halogens is 4. The number of hydrogen-bond acceptors (Lipinski definition) is 3. The van der Waals surface area contributed by atoms with Crippen molar-refractivity contribution in [2.24, 2.45) is 17.8 Å². The molecule has 0 atom stereocenters. The van der Waals surface area contributed by atoms with Gasteiger partial charge in [0.1, 0.15) is 17.4 Å². The molecule has 1 aliphatic carbocycles. The van der Waals surface area contributed by atoms with Gasteiger partial charge in [-0.2, -0.15) is 8.78 Å². The zero-order valence-electron chi connectivity index (χ0n) is 19.9. The first-order valence-corrected chi connectivity index (χ1v) is 12.3. The van der Waals surface area contributed by atoms with E-state index in [1.54, 1.807) is 0 Å². The molecule has 2 fully saturated rings. The van der Waals surface area contributed by atoms with E-state index in [9.17, 15) is 17.6 Å². The average molecular weight is 493 g/mol. The first kappa shape index (κ1) is 25.7. The quantitative estimate of drug-likeness (QED) is 0.284. The Morgan fingerprint density at radius 2 is 1.66 bits per heavy atom. The van der Waals surface area contributed by atoms with E-state index in [-0.39, 0.29) is 12.0 Å². The Labute approximate surface area is 204 Å². The number of alkyl halides is 2. The summed E-state index contributed by atoms with van der Waals surface area (Å²) in [6.07, 6.45) is 5.81. The summed E-state index contributed by atoms with van der Waals surface area (Å²) in [7, 11) is 0. The molecular formula is C28H32F4O3. The molecule has 0 bridgehead atoms. The van der Waals surface area contributed by atoms with Gasteiger partial charge < -0.3 is 14.2 Å². The van der Waals surface area contributed by atoms with Gasteiger partial charge in [0, 0.05) is 11.8 Å². The van der Waals surface area contributed by atoms with Gasteiger partial charge in [-0.05, 0) is 93.3 Å². The lowest BCUT2D eigenvalue weighted by atomic mass is 9.79. The Morgan fingerprint density at radius 3 is 2.29 bits per heavy atom. The molecule has 1 heterocycles. The number of rotatable bonds is 8. The maximum absolute atomic E-state index is 14.6. The number of benzene rings is 2. The lowest BCUT2D eigenvalue weighted by molar-refractivity contribution is -0.223. The molecule has 0 aromatic heterocycles. The molecule has 7 heteroatoms. The Hall–Kier alpha value is -2.38. The summed E-state index contributed by atoms with van der Waals surface area (Å²) in [4.78, 5) is 0. The molecule has 1 aliphatic heterocycles. The van der Waals surface area contributed by atoms with Crippen molar-refractivity contribution in [3.05, 3.63) is 77.4 Å². The first-order valence-electron chi connectivity index (χ1n) is 12.3. The smallest absolute Gasteiger partial charge is 0.429 e. The van der Waals surface area contributed by atoms with Gasteiger partial charge in [0.15, 0.2) is 6.29 Å². The first-order chi connectivity index (χ1) is 16.8. The van der Waals surface area contributed by atoms with E-state index >= 15 is 0 Å². The Bertz CT molecular complexity index is 976. The van der Waals surface area contributed by atoms with Crippen molar-refractivity contribution in [2.75, 3.05) is 13.2 Å². The molecule has 3 nitrogen and oxygen atoms in total. The summed E-state index contributed by atoms with van der Waals surface area (Å²) in [6.45, 7) is 3.39. The fourth-order valence-electron chi connectivity index (χ4n) is 4.96. The molecule has 2 aliphatic rings. The predicted molar refractivity (Wildman–Crippen MR) is 125 cm³/mol. The van der Waals surface area contributed by atoms with Crippen LogP contribution >= 0.6 is 0 Å². The number of aryl methyl sites for hydroxylation is 1. The fourth-order valence-corrected chi connectivity index (χ4v) is 4.96. The third-order valence-electron chi connectivity index (χ3n) is 6.94. The van der Waals surface area contributed by atoms with Gasteiger partial charge in [0.2, 0.25) is 0 Å². The van der Waals surface area contributed by atoms with Gasteiger partial charge in [-0.1, -0.05) is 18.2 Å². The van der Waals surface area contributed by atoms with E-state index in [0.717, 1.165) is 68.5 Å². The van der Waals surface area contributed by atoms with E-state index in [1.165, 1.54) is 6.07 Å². The molecule has 1 saturated carbocycles. The molecule has 2 aromatic carbocycles. The van der Waals surface area contributed by atoms with Crippen molar-refractivity contribution in [1.82, 2.24) is 0 Å². The fraction of sp³-hybridized carbons (Fsp3) is 0.500. The van der Waals surface area contributed by atoms with Gasteiger partial charge in [0.05, 0.1) is 18.8 Å². The minimum absolute atomic E-state index is 0.127. The van der Waals surface area contributed by atoms with Gasteiger partial charge in [-0.15, -0.1) is 0 Å². The van der Waals surface area contributed by atoms with Gasteiger partial charge in [-0.3, -0.25) is 0 Å². The van der Waals surface area contributed by atoms with Crippen molar-refractivity contribution < 1.29 is 31.8 Å². The van der Waals surface area contributed by atoms with Crippen LogP contribution in [0, 0.1) is 29.4 Å². The largest absolute Gasteiger partial charge is 0.429 e. The van der Waals surface area contributed by atoms with Crippen LogP contribution in [0.25, 0.3) is 0 Å². The number of allylic oxidation sites excluding steroid dienone is 1. The van der Waals surface area contributed by atoms with Crippen molar-refractivity contribution in [3.8, 4) is 5.75 Å². The summed E-state index contributed by atoms with van der Waals surface area (Å²) in [5, 5.41) is 0. The normalized spacial score (nSPS) is 25.6. The zero-order valence-corrected chi connectivity index (χ0v) is 19.9. The minimum atomic E-state index is -3.87. The SMILES string of the molecule is C/C=C/C1COC(C2CCC(CCc3ccc(C(F)(F)Oc4ccc(F)cc4)c(F)c3)CC2)OC1. The van der Waals surface area contributed by atoms with E-state index < -0.39 is 23.3 Å². The van der Waals surface area contributed by atoms with Crippen molar-refractivity contribution in [3.63, 3.8) is 0 Å². The van der Waals surface area contributed by atoms with Crippen molar-refractivity contribution >= 4 is 0 Å². The Balaban J connectivity index is 1.25. The molecule has 4 rings (SSSR count). The molecule has 0 amide bonds. The third kappa shape index (κ3) is 6.85. The van der Waals surface area contributed by atoms with Crippen LogP contribution < -0.4 is 4.74 Å². The molecule has 1 saturated heterocycles. The maximum atomic E-state index is 14.6. The second kappa shape index (κ2) is 11.6. The van der Waals surface area contributed by atoms with Crippen molar-refractivity contribution in [1.29, 1.82) is 0 Å². The van der Waals surface area contributed by atoms with Crippen LogP contribution in [0.2, 0.25) is 0 Å². The van der Waals surface area contributed by atoms with Crippen LogP contribution in [0.15, 0.2) is 54.6 Å². The highest BCUT2D eigenvalue weighted by Crippen LogP contribution is 2.37. The second-order valence-electron chi connectivity index (χ2n) is 9.53.